The van der Waals surface area contributed by atoms with E-state index < -0.39 is 6.17 Å². The lowest BCUT2D eigenvalue weighted by atomic mass is 9.91. The summed E-state index contributed by atoms with van der Waals surface area (Å²) in [5, 5.41) is 0. The van der Waals surface area contributed by atoms with Gasteiger partial charge in [0, 0.05) is 12.5 Å². The Hall–Kier alpha value is -0.540. The van der Waals surface area contributed by atoms with Crippen molar-refractivity contribution in [2.24, 2.45) is 11.7 Å². The van der Waals surface area contributed by atoms with E-state index in [0.29, 0.717) is 6.54 Å². The Morgan fingerprint density at radius 3 is 2.94 bits per heavy atom. The molecule has 1 aliphatic heterocycles. The maximum Gasteiger partial charge on any atom is 0.129 e. The van der Waals surface area contributed by atoms with Crippen molar-refractivity contribution >= 4 is 11.8 Å². The number of nitrogens with two attached hydrogens (primary N) is 1. The van der Waals surface area contributed by atoms with Crippen molar-refractivity contribution in [3.05, 3.63) is 35.4 Å². The number of benzene rings is 1. The summed E-state index contributed by atoms with van der Waals surface area (Å²) in [5.41, 5.74) is 7.40. The van der Waals surface area contributed by atoms with Crippen LogP contribution in [0.5, 0.6) is 0 Å². The molecule has 0 aromatic heterocycles. The molecule has 1 saturated heterocycles. The molecule has 1 aliphatic rings. The van der Waals surface area contributed by atoms with Gasteiger partial charge in [0.25, 0.3) is 0 Å². The zero-order valence-electron chi connectivity index (χ0n) is 9.36. The van der Waals surface area contributed by atoms with Gasteiger partial charge in [0.05, 0.1) is 0 Å². The van der Waals surface area contributed by atoms with Crippen molar-refractivity contribution in [1.82, 2.24) is 0 Å². The summed E-state index contributed by atoms with van der Waals surface area (Å²) in [7, 11) is 0. The highest BCUT2D eigenvalue weighted by atomic mass is 32.2. The molecule has 2 N–H and O–H groups in total. The second-order valence-electron chi connectivity index (χ2n) is 4.28. The van der Waals surface area contributed by atoms with Gasteiger partial charge in [-0.25, -0.2) is 4.39 Å². The van der Waals surface area contributed by atoms with Crippen LogP contribution in [-0.2, 0) is 6.54 Å². The van der Waals surface area contributed by atoms with Gasteiger partial charge in [-0.3, -0.25) is 0 Å². The first-order valence-corrected chi connectivity index (χ1v) is 6.98. The number of hydrogen-bond acceptors (Lipinski definition) is 2. The molecule has 1 nitrogen and oxygen atoms in total. The molecule has 2 rings (SSSR count). The first-order chi connectivity index (χ1) is 7.83. The van der Waals surface area contributed by atoms with Crippen LogP contribution in [-0.4, -0.2) is 11.5 Å². The Bertz CT molecular complexity index is 336. The van der Waals surface area contributed by atoms with Gasteiger partial charge in [-0.05, 0) is 35.5 Å². The van der Waals surface area contributed by atoms with Crippen LogP contribution in [0.2, 0.25) is 0 Å². The number of alkyl halides is 1. The minimum Gasteiger partial charge on any atom is -0.326 e. The van der Waals surface area contributed by atoms with E-state index in [1.54, 1.807) is 0 Å². The van der Waals surface area contributed by atoms with Crippen molar-refractivity contribution in [3.63, 3.8) is 0 Å². The third kappa shape index (κ3) is 2.58. The fourth-order valence-electron chi connectivity index (χ4n) is 2.24. The zero-order valence-corrected chi connectivity index (χ0v) is 10.2. The molecular formula is C13H18FNS. The lowest BCUT2D eigenvalue weighted by molar-refractivity contribution is 0.234. The minimum atomic E-state index is -0.840. The normalized spacial score (nSPS) is 23.0. The summed E-state index contributed by atoms with van der Waals surface area (Å²) in [4.78, 5) is 0. The standard InChI is InChI=1S/C13H18FNS/c14-13(11-5-3-7-16-9-11)12-6-2-1-4-10(12)8-15/h1-2,4,6,11,13H,3,5,7-9,15H2. The van der Waals surface area contributed by atoms with Crippen LogP contribution in [0, 0.1) is 5.92 Å². The second kappa shape index (κ2) is 5.69. The van der Waals surface area contributed by atoms with Crippen LogP contribution in [0.3, 0.4) is 0 Å². The Balaban J connectivity index is 2.15. The summed E-state index contributed by atoms with van der Waals surface area (Å²) in [6.45, 7) is 0.427. The van der Waals surface area contributed by atoms with Crippen molar-refractivity contribution in [2.75, 3.05) is 11.5 Å². The molecule has 0 saturated carbocycles. The number of hydrogen-bond donors (Lipinski definition) is 1. The lowest BCUT2D eigenvalue weighted by Crippen LogP contribution is -2.18. The molecule has 2 unspecified atom stereocenters. The number of halogens is 1. The fourth-order valence-corrected chi connectivity index (χ4v) is 3.42. The van der Waals surface area contributed by atoms with Crippen molar-refractivity contribution in [1.29, 1.82) is 0 Å². The first-order valence-electron chi connectivity index (χ1n) is 5.82. The Morgan fingerprint density at radius 1 is 1.44 bits per heavy atom. The van der Waals surface area contributed by atoms with Gasteiger partial charge < -0.3 is 5.73 Å². The minimum absolute atomic E-state index is 0.173. The van der Waals surface area contributed by atoms with E-state index in [2.05, 4.69) is 0 Å². The van der Waals surface area contributed by atoms with Crippen LogP contribution in [0.15, 0.2) is 24.3 Å². The van der Waals surface area contributed by atoms with Crippen LogP contribution in [0.25, 0.3) is 0 Å². The van der Waals surface area contributed by atoms with Crippen LogP contribution in [0.4, 0.5) is 4.39 Å². The molecule has 1 aromatic rings. The predicted molar refractivity (Wildman–Crippen MR) is 68.2 cm³/mol. The summed E-state index contributed by atoms with van der Waals surface area (Å²) in [5.74, 6) is 2.30. The molecule has 1 aromatic carbocycles. The van der Waals surface area contributed by atoms with E-state index >= 15 is 0 Å². The van der Waals surface area contributed by atoms with E-state index in [1.807, 2.05) is 36.0 Å². The van der Waals surface area contributed by atoms with E-state index in [0.717, 1.165) is 29.7 Å². The SMILES string of the molecule is NCc1ccccc1C(F)C1CCCSC1. The monoisotopic (exact) mass is 239 g/mol. The Morgan fingerprint density at radius 2 is 2.25 bits per heavy atom. The zero-order chi connectivity index (χ0) is 11.4. The lowest BCUT2D eigenvalue weighted by Gasteiger charge is -2.26. The Kier molecular flexibility index (Phi) is 4.24. The van der Waals surface area contributed by atoms with Gasteiger partial charge in [0.1, 0.15) is 6.17 Å². The molecule has 3 heteroatoms. The third-order valence-corrected chi connectivity index (χ3v) is 4.42. The highest BCUT2D eigenvalue weighted by Crippen LogP contribution is 2.36. The number of rotatable bonds is 3. The molecule has 0 aliphatic carbocycles. The van der Waals surface area contributed by atoms with Gasteiger partial charge in [-0.15, -0.1) is 0 Å². The van der Waals surface area contributed by atoms with E-state index in [9.17, 15) is 4.39 Å². The fraction of sp³-hybridized carbons (Fsp3) is 0.538. The van der Waals surface area contributed by atoms with E-state index in [4.69, 9.17) is 5.73 Å². The molecule has 2 atom stereocenters. The summed E-state index contributed by atoms with van der Waals surface area (Å²) in [6.07, 6.45) is 1.31. The highest BCUT2D eigenvalue weighted by molar-refractivity contribution is 7.99. The molecule has 1 heterocycles. The summed E-state index contributed by atoms with van der Waals surface area (Å²) < 4.78 is 14.4. The van der Waals surface area contributed by atoms with Gasteiger partial charge >= 0.3 is 0 Å². The molecule has 88 valence electrons. The van der Waals surface area contributed by atoms with Crippen molar-refractivity contribution in [3.8, 4) is 0 Å². The molecule has 0 bridgehead atoms. The average Bonchev–Trinajstić information content (AvgIpc) is 2.39. The second-order valence-corrected chi connectivity index (χ2v) is 5.43. The van der Waals surface area contributed by atoms with E-state index in [-0.39, 0.29) is 5.92 Å². The predicted octanol–water partition coefficient (Wildman–Crippen LogP) is 3.30. The van der Waals surface area contributed by atoms with Crippen LogP contribution < -0.4 is 5.73 Å². The molecule has 0 spiro atoms. The Labute approximate surface area is 101 Å². The molecule has 0 amide bonds. The van der Waals surface area contributed by atoms with Crippen LogP contribution in [0.1, 0.15) is 30.1 Å². The molecule has 16 heavy (non-hydrogen) atoms. The van der Waals surface area contributed by atoms with E-state index in [1.165, 1.54) is 5.75 Å². The maximum atomic E-state index is 14.4. The van der Waals surface area contributed by atoms with Gasteiger partial charge in [-0.1, -0.05) is 24.3 Å². The topological polar surface area (TPSA) is 26.0 Å². The van der Waals surface area contributed by atoms with Crippen molar-refractivity contribution in [2.45, 2.75) is 25.6 Å². The summed E-state index contributed by atoms with van der Waals surface area (Å²) >= 11 is 1.87. The number of thioether (sulfide) groups is 1. The van der Waals surface area contributed by atoms with Crippen molar-refractivity contribution < 1.29 is 4.39 Å². The van der Waals surface area contributed by atoms with Gasteiger partial charge in [0.2, 0.25) is 0 Å². The third-order valence-electron chi connectivity index (χ3n) is 3.18. The quantitative estimate of drug-likeness (QED) is 0.876. The van der Waals surface area contributed by atoms with Crippen LogP contribution >= 0.6 is 11.8 Å². The van der Waals surface area contributed by atoms with Gasteiger partial charge in [-0.2, -0.15) is 11.8 Å². The maximum absolute atomic E-state index is 14.4. The first kappa shape index (κ1) is 11.9. The smallest absolute Gasteiger partial charge is 0.129 e. The largest absolute Gasteiger partial charge is 0.326 e. The highest BCUT2D eigenvalue weighted by Gasteiger charge is 2.26. The molecule has 1 fully saturated rings. The molecular weight excluding hydrogens is 221 g/mol. The summed E-state index contributed by atoms with van der Waals surface area (Å²) in [6, 6.07) is 7.63. The van der Waals surface area contributed by atoms with Gasteiger partial charge in [0.15, 0.2) is 0 Å². The average molecular weight is 239 g/mol. The molecule has 0 radical (unpaired) electrons.